The number of benzene rings is 2. The maximum atomic E-state index is 7.21. The van der Waals surface area contributed by atoms with Crippen LogP contribution in [0.2, 0.25) is 0 Å². The largest absolute Gasteiger partial charge is 0.441 e. The molecule has 0 bridgehead atoms. The summed E-state index contributed by atoms with van der Waals surface area (Å²) in [7, 11) is 0. The number of nitrogens with zero attached hydrogens (tertiary/aromatic N) is 6. The topological polar surface area (TPSA) is 65.5 Å². The maximum absolute atomic E-state index is 7.21. The van der Waals surface area contributed by atoms with E-state index in [1.807, 2.05) is 18.2 Å². The van der Waals surface area contributed by atoms with E-state index in [9.17, 15) is 0 Å². The van der Waals surface area contributed by atoms with Gasteiger partial charge in [0.25, 0.3) is 0 Å². The number of aryl methyl sites for hydroxylation is 1. The first-order valence-corrected chi connectivity index (χ1v) is 7.36. The smallest absolute Gasteiger partial charge is 0.192 e. The molecular formula is C18H10N6O. The zero-order valence-corrected chi connectivity index (χ0v) is 13.1. The zero-order chi connectivity index (χ0) is 17.4. The molecule has 0 amide bonds. The lowest BCUT2D eigenvalue weighted by Gasteiger charge is -2.07. The molecule has 0 spiro atoms. The van der Waals surface area contributed by atoms with Gasteiger partial charge in [-0.05, 0) is 30.3 Å². The number of hydrogen-bond donors (Lipinski definition) is 0. The average Bonchev–Trinajstić information content (AvgIpc) is 3.25. The summed E-state index contributed by atoms with van der Waals surface area (Å²) in [4.78, 5) is 15.5. The van der Waals surface area contributed by atoms with Crippen LogP contribution in [0.1, 0.15) is 5.89 Å². The second-order valence-corrected chi connectivity index (χ2v) is 5.34. The summed E-state index contributed by atoms with van der Waals surface area (Å²) in [6.45, 7) is 16.2. The summed E-state index contributed by atoms with van der Waals surface area (Å²) in [5.41, 5.74) is 3.64. The third-order valence-electron chi connectivity index (χ3n) is 3.69. The minimum absolute atomic E-state index is 0.382. The standard InChI is InChI=1S/C18H10N6O/c1-11-23-16-6-12(4-5-17(16)25-11)18-21-10-22-24(18)15-8-13(19-2)7-14(9-15)20-3/h4-10H,1H3. The van der Waals surface area contributed by atoms with E-state index in [1.165, 1.54) is 6.33 Å². The van der Waals surface area contributed by atoms with E-state index in [-0.39, 0.29) is 0 Å². The lowest BCUT2D eigenvalue weighted by atomic mass is 10.2. The summed E-state index contributed by atoms with van der Waals surface area (Å²) in [5, 5.41) is 4.25. The van der Waals surface area contributed by atoms with Crippen molar-refractivity contribution in [1.29, 1.82) is 0 Å². The van der Waals surface area contributed by atoms with Gasteiger partial charge < -0.3 is 4.42 Å². The van der Waals surface area contributed by atoms with Crippen molar-refractivity contribution in [3.8, 4) is 17.1 Å². The van der Waals surface area contributed by atoms with Crippen LogP contribution < -0.4 is 0 Å². The van der Waals surface area contributed by atoms with Crippen molar-refractivity contribution in [1.82, 2.24) is 19.7 Å². The van der Waals surface area contributed by atoms with E-state index in [0.717, 1.165) is 11.1 Å². The van der Waals surface area contributed by atoms with Gasteiger partial charge in [0.15, 0.2) is 28.7 Å². The highest BCUT2D eigenvalue weighted by Gasteiger charge is 2.13. The van der Waals surface area contributed by atoms with Gasteiger partial charge >= 0.3 is 0 Å². The van der Waals surface area contributed by atoms with Crippen LogP contribution >= 0.6 is 0 Å². The molecule has 0 aliphatic carbocycles. The normalized spacial score (nSPS) is 10.5. The SMILES string of the molecule is [C-]#[N+]c1cc([N+]#[C-])cc(-n2ncnc2-c2ccc3oc(C)nc3c2)c1. The van der Waals surface area contributed by atoms with Gasteiger partial charge in [0, 0.05) is 18.2 Å². The van der Waals surface area contributed by atoms with Gasteiger partial charge in [-0.2, -0.15) is 5.10 Å². The van der Waals surface area contributed by atoms with Crippen LogP contribution in [0.5, 0.6) is 0 Å². The van der Waals surface area contributed by atoms with Crippen LogP contribution in [-0.2, 0) is 0 Å². The highest BCUT2D eigenvalue weighted by Crippen LogP contribution is 2.29. The summed E-state index contributed by atoms with van der Waals surface area (Å²) < 4.78 is 7.10. The Kier molecular flexibility index (Phi) is 3.27. The van der Waals surface area contributed by atoms with Crippen molar-refractivity contribution >= 4 is 22.5 Å². The molecule has 4 rings (SSSR count). The molecule has 0 N–H and O–H groups in total. The zero-order valence-electron chi connectivity index (χ0n) is 13.1. The Morgan fingerprint density at radius 2 is 1.80 bits per heavy atom. The highest BCUT2D eigenvalue weighted by atomic mass is 16.3. The lowest BCUT2D eigenvalue weighted by molar-refractivity contribution is 0.561. The monoisotopic (exact) mass is 326 g/mol. The number of rotatable bonds is 2. The fourth-order valence-electron chi connectivity index (χ4n) is 2.64. The predicted molar refractivity (Wildman–Crippen MR) is 91.6 cm³/mol. The van der Waals surface area contributed by atoms with Crippen LogP contribution in [0.3, 0.4) is 0 Å². The van der Waals surface area contributed by atoms with E-state index in [0.29, 0.717) is 34.4 Å². The van der Waals surface area contributed by atoms with Gasteiger partial charge in [-0.25, -0.2) is 24.3 Å². The van der Waals surface area contributed by atoms with Gasteiger partial charge in [-0.15, -0.1) is 0 Å². The third-order valence-corrected chi connectivity index (χ3v) is 3.69. The molecule has 118 valence electrons. The molecule has 2 aromatic carbocycles. The van der Waals surface area contributed by atoms with E-state index >= 15 is 0 Å². The average molecular weight is 326 g/mol. The molecule has 0 saturated carbocycles. The summed E-state index contributed by atoms with van der Waals surface area (Å²) in [6, 6.07) is 10.5. The van der Waals surface area contributed by atoms with Crippen molar-refractivity contribution < 1.29 is 4.42 Å². The first-order valence-electron chi connectivity index (χ1n) is 7.36. The molecule has 7 heteroatoms. The Morgan fingerprint density at radius 1 is 1.04 bits per heavy atom. The number of aromatic nitrogens is 4. The molecule has 0 atom stereocenters. The maximum Gasteiger partial charge on any atom is 0.192 e. The van der Waals surface area contributed by atoms with Crippen molar-refractivity contribution in [2.45, 2.75) is 6.92 Å². The van der Waals surface area contributed by atoms with E-state index in [4.69, 9.17) is 17.6 Å². The Bertz CT molecular complexity index is 1160. The molecule has 0 unspecified atom stereocenters. The van der Waals surface area contributed by atoms with Crippen LogP contribution in [-0.4, -0.2) is 19.7 Å². The molecule has 2 aromatic heterocycles. The van der Waals surface area contributed by atoms with Gasteiger partial charge in [-0.3, -0.25) is 0 Å². The third kappa shape index (κ3) is 2.50. The van der Waals surface area contributed by atoms with Gasteiger partial charge in [0.05, 0.1) is 13.1 Å². The quantitative estimate of drug-likeness (QED) is 0.509. The Labute approximate surface area is 142 Å². The molecule has 4 aromatic rings. The lowest BCUT2D eigenvalue weighted by Crippen LogP contribution is -1.99. The number of hydrogen-bond acceptors (Lipinski definition) is 4. The minimum Gasteiger partial charge on any atom is -0.441 e. The van der Waals surface area contributed by atoms with Gasteiger partial charge in [-0.1, -0.05) is 6.07 Å². The molecule has 0 aliphatic heterocycles. The van der Waals surface area contributed by atoms with Crippen molar-refractivity contribution in [3.63, 3.8) is 0 Å². The fraction of sp³-hybridized carbons (Fsp3) is 0.0556. The summed E-state index contributed by atoms with van der Waals surface area (Å²) in [6.07, 6.45) is 1.44. The van der Waals surface area contributed by atoms with Crippen LogP contribution in [0.25, 0.3) is 37.9 Å². The molecule has 0 fully saturated rings. The van der Waals surface area contributed by atoms with E-state index < -0.39 is 0 Å². The Balaban J connectivity index is 1.88. The Hall–Kier alpha value is -3.97. The molecule has 0 radical (unpaired) electrons. The molecule has 2 heterocycles. The molecule has 0 aliphatic rings. The second-order valence-electron chi connectivity index (χ2n) is 5.34. The summed E-state index contributed by atoms with van der Waals surface area (Å²) >= 11 is 0. The minimum atomic E-state index is 0.382. The number of fused-ring (bicyclic) bond motifs is 1. The summed E-state index contributed by atoms with van der Waals surface area (Å²) in [5.74, 6) is 1.20. The van der Waals surface area contributed by atoms with Crippen molar-refractivity contribution in [2.75, 3.05) is 0 Å². The van der Waals surface area contributed by atoms with Gasteiger partial charge in [0.2, 0.25) is 0 Å². The van der Waals surface area contributed by atoms with E-state index in [1.54, 1.807) is 29.8 Å². The Morgan fingerprint density at radius 3 is 2.52 bits per heavy atom. The molecule has 7 nitrogen and oxygen atoms in total. The van der Waals surface area contributed by atoms with Crippen molar-refractivity contribution in [2.24, 2.45) is 0 Å². The molecular weight excluding hydrogens is 316 g/mol. The second kappa shape index (κ2) is 5.59. The van der Waals surface area contributed by atoms with Crippen LogP contribution in [0, 0.1) is 20.1 Å². The van der Waals surface area contributed by atoms with Crippen molar-refractivity contribution in [3.05, 3.63) is 71.5 Å². The molecule has 25 heavy (non-hydrogen) atoms. The fourth-order valence-corrected chi connectivity index (χ4v) is 2.64. The first kappa shape index (κ1) is 14.6. The predicted octanol–water partition coefficient (Wildman–Crippen LogP) is 4.49. The van der Waals surface area contributed by atoms with E-state index in [2.05, 4.69) is 24.8 Å². The number of oxazole rings is 1. The van der Waals surface area contributed by atoms with Crippen LogP contribution in [0.15, 0.2) is 47.1 Å². The first-order chi connectivity index (χ1) is 12.2. The van der Waals surface area contributed by atoms with Gasteiger partial charge in [0.1, 0.15) is 11.8 Å². The molecule has 0 saturated heterocycles. The highest BCUT2D eigenvalue weighted by molar-refractivity contribution is 5.79. The van der Waals surface area contributed by atoms with Crippen LogP contribution in [0.4, 0.5) is 11.4 Å².